The van der Waals surface area contributed by atoms with E-state index in [1.54, 1.807) is 14.2 Å². The fraction of sp³-hybridized carbons (Fsp3) is 0.440. The normalized spacial score (nSPS) is 11.5. The third-order valence-corrected chi connectivity index (χ3v) is 5.17. The van der Waals surface area contributed by atoms with Crippen LogP contribution in [0.4, 0.5) is 0 Å². The summed E-state index contributed by atoms with van der Waals surface area (Å²) in [7, 11) is 3.37. The van der Waals surface area contributed by atoms with E-state index in [0.717, 1.165) is 48.3 Å². The van der Waals surface area contributed by atoms with Crippen LogP contribution >= 0.6 is 0 Å². The van der Waals surface area contributed by atoms with Crippen molar-refractivity contribution in [2.45, 2.75) is 59.3 Å². The molecule has 0 heterocycles. The topological polar surface area (TPSA) is 38.7 Å². The standard InChI is InChI=1S/C25H34O3/c1-18(9-6-7-11-21-13-19(2)25(26)20(3)14-21)10-8-12-22-15-23(27-4)17-24(16-22)28-5/h10,13-17,26H,6-9,11-12H2,1-5H3/b18-10+. The van der Waals surface area contributed by atoms with E-state index in [9.17, 15) is 5.11 Å². The summed E-state index contributed by atoms with van der Waals surface area (Å²) in [5, 5.41) is 9.88. The zero-order valence-electron chi connectivity index (χ0n) is 18.0. The first-order chi connectivity index (χ1) is 13.4. The number of phenols is 1. The molecule has 0 aromatic heterocycles. The molecule has 2 aromatic carbocycles. The summed E-state index contributed by atoms with van der Waals surface area (Å²) in [5.41, 5.74) is 5.95. The molecule has 28 heavy (non-hydrogen) atoms. The summed E-state index contributed by atoms with van der Waals surface area (Å²) in [5.74, 6) is 2.11. The first-order valence-corrected chi connectivity index (χ1v) is 10.1. The van der Waals surface area contributed by atoms with Crippen molar-refractivity contribution in [3.63, 3.8) is 0 Å². The molecule has 0 aliphatic carbocycles. The average Bonchev–Trinajstić information content (AvgIpc) is 2.69. The smallest absolute Gasteiger partial charge is 0.122 e. The Balaban J connectivity index is 1.76. The third-order valence-electron chi connectivity index (χ3n) is 5.17. The van der Waals surface area contributed by atoms with Gasteiger partial charge in [0.15, 0.2) is 0 Å². The van der Waals surface area contributed by atoms with Crippen molar-refractivity contribution >= 4 is 0 Å². The molecule has 0 saturated heterocycles. The molecule has 0 bridgehead atoms. The van der Waals surface area contributed by atoms with Crippen molar-refractivity contribution < 1.29 is 14.6 Å². The Bertz CT molecular complexity index is 760. The molecule has 0 spiro atoms. The summed E-state index contributed by atoms with van der Waals surface area (Å²) in [6.07, 6.45) is 8.92. The fourth-order valence-corrected chi connectivity index (χ4v) is 3.52. The molecule has 0 saturated carbocycles. The third kappa shape index (κ3) is 6.63. The SMILES string of the molecule is COc1cc(CC/C=C(\C)CCCCc2cc(C)c(O)c(C)c2)cc(OC)c1. The van der Waals surface area contributed by atoms with Crippen LogP contribution in [-0.4, -0.2) is 19.3 Å². The number of hydrogen-bond acceptors (Lipinski definition) is 3. The number of phenolic OH excluding ortho intramolecular Hbond substituents is 1. The van der Waals surface area contributed by atoms with E-state index >= 15 is 0 Å². The van der Waals surface area contributed by atoms with Crippen LogP contribution in [0.25, 0.3) is 0 Å². The highest BCUT2D eigenvalue weighted by molar-refractivity contribution is 5.42. The van der Waals surface area contributed by atoms with Gasteiger partial charge >= 0.3 is 0 Å². The maximum Gasteiger partial charge on any atom is 0.122 e. The van der Waals surface area contributed by atoms with E-state index in [-0.39, 0.29) is 0 Å². The zero-order chi connectivity index (χ0) is 20.5. The first kappa shape index (κ1) is 21.9. The number of rotatable bonds is 10. The summed E-state index contributed by atoms with van der Waals surface area (Å²) < 4.78 is 10.7. The average molecular weight is 383 g/mol. The first-order valence-electron chi connectivity index (χ1n) is 10.1. The van der Waals surface area contributed by atoms with E-state index in [0.29, 0.717) is 5.75 Å². The molecule has 2 aromatic rings. The van der Waals surface area contributed by atoms with Gasteiger partial charge in [0.2, 0.25) is 0 Å². The quantitative estimate of drug-likeness (QED) is 0.386. The van der Waals surface area contributed by atoms with Crippen LogP contribution in [0.1, 0.15) is 54.9 Å². The predicted molar refractivity (Wildman–Crippen MR) is 117 cm³/mol. The second kappa shape index (κ2) is 10.8. The van der Waals surface area contributed by atoms with Crippen LogP contribution in [0.5, 0.6) is 17.2 Å². The van der Waals surface area contributed by atoms with Crippen molar-refractivity contribution in [2.24, 2.45) is 0 Å². The lowest BCUT2D eigenvalue weighted by atomic mass is 9.99. The van der Waals surface area contributed by atoms with Gasteiger partial charge < -0.3 is 14.6 Å². The molecule has 0 aliphatic rings. The maximum atomic E-state index is 9.88. The Kier molecular flexibility index (Phi) is 8.43. The fourth-order valence-electron chi connectivity index (χ4n) is 3.52. The van der Waals surface area contributed by atoms with Gasteiger partial charge in [-0.25, -0.2) is 0 Å². The molecule has 0 fully saturated rings. The monoisotopic (exact) mass is 382 g/mol. The van der Waals surface area contributed by atoms with Gasteiger partial charge in [0, 0.05) is 6.07 Å². The lowest BCUT2D eigenvalue weighted by molar-refractivity contribution is 0.393. The van der Waals surface area contributed by atoms with Crippen molar-refractivity contribution in [3.05, 3.63) is 64.2 Å². The molecule has 2 rings (SSSR count). The highest BCUT2D eigenvalue weighted by atomic mass is 16.5. The molecule has 3 heteroatoms. The van der Waals surface area contributed by atoms with Crippen molar-refractivity contribution in [1.82, 2.24) is 0 Å². The van der Waals surface area contributed by atoms with Crippen molar-refractivity contribution in [3.8, 4) is 17.2 Å². The summed E-state index contributed by atoms with van der Waals surface area (Å²) in [6.45, 7) is 6.16. The lowest BCUT2D eigenvalue weighted by Crippen LogP contribution is -1.92. The number of hydrogen-bond donors (Lipinski definition) is 1. The van der Waals surface area contributed by atoms with Crippen LogP contribution in [-0.2, 0) is 12.8 Å². The van der Waals surface area contributed by atoms with Gasteiger partial charge in [-0.3, -0.25) is 0 Å². The van der Waals surface area contributed by atoms with Crippen molar-refractivity contribution in [1.29, 1.82) is 0 Å². The van der Waals surface area contributed by atoms with Gasteiger partial charge in [-0.15, -0.1) is 0 Å². The molecule has 0 aliphatic heterocycles. The van der Waals surface area contributed by atoms with Gasteiger partial charge in [0.05, 0.1) is 14.2 Å². The highest BCUT2D eigenvalue weighted by Crippen LogP contribution is 2.25. The van der Waals surface area contributed by atoms with Gasteiger partial charge in [-0.1, -0.05) is 23.8 Å². The summed E-state index contributed by atoms with van der Waals surface area (Å²) >= 11 is 0. The molecular formula is C25H34O3. The van der Waals surface area contributed by atoms with Gasteiger partial charge in [0.1, 0.15) is 17.2 Å². The van der Waals surface area contributed by atoms with E-state index in [1.165, 1.54) is 29.5 Å². The van der Waals surface area contributed by atoms with Crippen LogP contribution in [0.15, 0.2) is 42.0 Å². The number of aryl methyl sites for hydroxylation is 4. The van der Waals surface area contributed by atoms with Crippen LogP contribution in [0.2, 0.25) is 0 Å². The number of unbranched alkanes of at least 4 members (excludes halogenated alkanes) is 1. The maximum absolute atomic E-state index is 9.88. The molecule has 1 N–H and O–H groups in total. The van der Waals surface area contributed by atoms with Crippen LogP contribution < -0.4 is 9.47 Å². The Labute approximate surface area is 170 Å². The van der Waals surface area contributed by atoms with E-state index in [1.807, 2.05) is 19.9 Å². The Hall–Kier alpha value is -2.42. The second-order valence-corrected chi connectivity index (χ2v) is 7.60. The predicted octanol–water partition coefficient (Wildman–Crippen LogP) is 6.32. The Morgan fingerprint density at radius 3 is 2.00 bits per heavy atom. The second-order valence-electron chi connectivity index (χ2n) is 7.60. The van der Waals surface area contributed by atoms with Gasteiger partial charge in [-0.05, 0) is 93.7 Å². The molecule has 0 radical (unpaired) electrons. The van der Waals surface area contributed by atoms with Crippen LogP contribution in [0.3, 0.4) is 0 Å². The number of allylic oxidation sites excluding steroid dienone is 2. The molecular weight excluding hydrogens is 348 g/mol. The van der Waals surface area contributed by atoms with E-state index in [2.05, 4.69) is 37.3 Å². The summed E-state index contributed by atoms with van der Waals surface area (Å²) in [4.78, 5) is 0. The van der Waals surface area contributed by atoms with Crippen molar-refractivity contribution in [2.75, 3.05) is 14.2 Å². The Morgan fingerprint density at radius 1 is 0.857 bits per heavy atom. The minimum absolute atomic E-state index is 0.427. The van der Waals surface area contributed by atoms with E-state index < -0.39 is 0 Å². The summed E-state index contributed by atoms with van der Waals surface area (Å²) in [6, 6.07) is 10.3. The number of ether oxygens (including phenoxy) is 2. The Morgan fingerprint density at radius 2 is 1.43 bits per heavy atom. The number of aromatic hydroxyl groups is 1. The largest absolute Gasteiger partial charge is 0.507 e. The molecule has 3 nitrogen and oxygen atoms in total. The molecule has 152 valence electrons. The number of benzene rings is 2. The molecule has 0 atom stereocenters. The molecule has 0 unspecified atom stereocenters. The van der Waals surface area contributed by atoms with Gasteiger partial charge in [0.25, 0.3) is 0 Å². The van der Waals surface area contributed by atoms with Gasteiger partial charge in [-0.2, -0.15) is 0 Å². The van der Waals surface area contributed by atoms with Crippen LogP contribution in [0, 0.1) is 13.8 Å². The minimum atomic E-state index is 0.427. The highest BCUT2D eigenvalue weighted by Gasteiger charge is 2.04. The lowest BCUT2D eigenvalue weighted by Gasteiger charge is -2.09. The number of methoxy groups -OCH3 is 2. The zero-order valence-corrected chi connectivity index (χ0v) is 18.0. The van der Waals surface area contributed by atoms with E-state index in [4.69, 9.17) is 9.47 Å². The minimum Gasteiger partial charge on any atom is -0.507 e. The molecule has 0 amide bonds.